The van der Waals surface area contributed by atoms with Crippen molar-refractivity contribution in [3.63, 3.8) is 0 Å². The summed E-state index contributed by atoms with van der Waals surface area (Å²) in [4.78, 5) is 0. The zero-order chi connectivity index (χ0) is 15.1. The maximum atomic E-state index is 9.34. The summed E-state index contributed by atoms with van der Waals surface area (Å²) in [5, 5.41) is 27.1. The van der Waals surface area contributed by atoms with E-state index in [4.69, 9.17) is 14.9 Å². The second-order valence-corrected chi connectivity index (χ2v) is 5.52. The summed E-state index contributed by atoms with van der Waals surface area (Å²) in [6.45, 7) is 2.16. The number of aliphatic hydroxyl groups is 3. The Bertz CT molecular complexity index is 187. The van der Waals surface area contributed by atoms with E-state index in [9.17, 15) is 5.11 Å². The molecule has 0 aliphatic carbocycles. The van der Waals surface area contributed by atoms with Crippen LogP contribution >= 0.6 is 0 Å². The SMILES string of the molecule is CCCCCCCCCCCCO[C@H](CO)[C@H](O)CO. The van der Waals surface area contributed by atoms with E-state index in [-0.39, 0.29) is 13.2 Å². The van der Waals surface area contributed by atoms with Gasteiger partial charge in [0.2, 0.25) is 0 Å². The second kappa shape index (κ2) is 15.2. The van der Waals surface area contributed by atoms with Crippen molar-refractivity contribution in [3.05, 3.63) is 0 Å². The Balaban J connectivity index is 3.23. The van der Waals surface area contributed by atoms with Gasteiger partial charge in [-0.15, -0.1) is 0 Å². The van der Waals surface area contributed by atoms with Crippen LogP contribution in [-0.4, -0.2) is 47.3 Å². The van der Waals surface area contributed by atoms with Crippen molar-refractivity contribution in [1.82, 2.24) is 0 Å². The van der Waals surface area contributed by atoms with Gasteiger partial charge in [0.1, 0.15) is 12.2 Å². The molecule has 0 unspecified atom stereocenters. The molecule has 2 atom stereocenters. The zero-order valence-electron chi connectivity index (χ0n) is 13.1. The molecule has 3 N–H and O–H groups in total. The van der Waals surface area contributed by atoms with Gasteiger partial charge in [0.05, 0.1) is 13.2 Å². The molecule has 0 fully saturated rings. The highest BCUT2D eigenvalue weighted by Crippen LogP contribution is 2.11. The largest absolute Gasteiger partial charge is 0.394 e. The van der Waals surface area contributed by atoms with Gasteiger partial charge < -0.3 is 20.1 Å². The van der Waals surface area contributed by atoms with Crippen LogP contribution in [0.1, 0.15) is 71.1 Å². The number of hydrogen-bond donors (Lipinski definition) is 3. The molecular weight excluding hydrogens is 256 g/mol. The lowest BCUT2D eigenvalue weighted by Crippen LogP contribution is -2.35. The molecule has 0 saturated carbocycles. The molecular formula is C16H34O4. The second-order valence-electron chi connectivity index (χ2n) is 5.52. The Labute approximate surface area is 124 Å². The number of aliphatic hydroxyl groups excluding tert-OH is 3. The Kier molecular flexibility index (Phi) is 15.1. The van der Waals surface area contributed by atoms with Crippen LogP contribution in [0.15, 0.2) is 0 Å². The maximum Gasteiger partial charge on any atom is 0.109 e. The van der Waals surface area contributed by atoms with Gasteiger partial charge >= 0.3 is 0 Å². The first-order valence-corrected chi connectivity index (χ1v) is 8.27. The molecule has 20 heavy (non-hydrogen) atoms. The highest BCUT2D eigenvalue weighted by Gasteiger charge is 2.17. The fraction of sp³-hybridized carbons (Fsp3) is 1.00. The highest BCUT2D eigenvalue weighted by atomic mass is 16.5. The average Bonchev–Trinajstić information content (AvgIpc) is 2.48. The van der Waals surface area contributed by atoms with Crippen molar-refractivity contribution in [3.8, 4) is 0 Å². The molecule has 0 aliphatic rings. The molecule has 0 aromatic carbocycles. The van der Waals surface area contributed by atoms with Crippen LogP contribution in [0.5, 0.6) is 0 Å². The van der Waals surface area contributed by atoms with Gasteiger partial charge in [-0.3, -0.25) is 0 Å². The minimum atomic E-state index is -0.983. The lowest BCUT2D eigenvalue weighted by molar-refractivity contribution is -0.0802. The van der Waals surface area contributed by atoms with Gasteiger partial charge in [0, 0.05) is 6.61 Å². The summed E-state index contributed by atoms with van der Waals surface area (Å²) in [6, 6.07) is 0. The monoisotopic (exact) mass is 290 g/mol. The van der Waals surface area contributed by atoms with Gasteiger partial charge in [-0.1, -0.05) is 64.7 Å². The van der Waals surface area contributed by atoms with E-state index in [2.05, 4.69) is 6.92 Å². The van der Waals surface area contributed by atoms with E-state index in [1.54, 1.807) is 0 Å². The van der Waals surface area contributed by atoms with Crippen LogP contribution in [0.3, 0.4) is 0 Å². The molecule has 0 rings (SSSR count). The molecule has 0 radical (unpaired) electrons. The van der Waals surface area contributed by atoms with Gasteiger partial charge in [-0.2, -0.15) is 0 Å². The third kappa shape index (κ3) is 11.6. The summed E-state index contributed by atoms with van der Waals surface area (Å²) in [7, 11) is 0. The Hall–Kier alpha value is -0.160. The minimum Gasteiger partial charge on any atom is -0.394 e. The van der Waals surface area contributed by atoms with Gasteiger partial charge in [-0.25, -0.2) is 0 Å². The zero-order valence-corrected chi connectivity index (χ0v) is 13.1. The topological polar surface area (TPSA) is 69.9 Å². The smallest absolute Gasteiger partial charge is 0.109 e. The summed E-state index contributed by atoms with van der Waals surface area (Å²) >= 11 is 0. The van der Waals surface area contributed by atoms with Crippen molar-refractivity contribution in [2.45, 2.75) is 83.3 Å². The summed E-state index contributed by atoms with van der Waals surface area (Å²) in [6.07, 6.45) is 11.0. The molecule has 0 heterocycles. The van der Waals surface area contributed by atoms with E-state index in [1.807, 2.05) is 0 Å². The van der Waals surface area contributed by atoms with Crippen molar-refractivity contribution >= 4 is 0 Å². The van der Waals surface area contributed by atoms with E-state index in [1.165, 1.54) is 51.4 Å². The van der Waals surface area contributed by atoms with E-state index < -0.39 is 12.2 Å². The fourth-order valence-electron chi connectivity index (χ4n) is 2.23. The van der Waals surface area contributed by atoms with Crippen LogP contribution in [-0.2, 0) is 4.74 Å². The number of hydrogen-bond acceptors (Lipinski definition) is 4. The van der Waals surface area contributed by atoms with Crippen molar-refractivity contribution in [2.75, 3.05) is 19.8 Å². The molecule has 122 valence electrons. The van der Waals surface area contributed by atoms with Crippen LogP contribution in [0, 0.1) is 0 Å². The van der Waals surface area contributed by atoms with E-state index in [0.717, 1.165) is 12.8 Å². The molecule has 0 aromatic heterocycles. The van der Waals surface area contributed by atoms with Crippen LogP contribution in [0.2, 0.25) is 0 Å². The van der Waals surface area contributed by atoms with Crippen molar-refractivity contribution < 1.29 is 20.1 Å². The molecule has 0 spiro atoms. The standard InChI is InChI=1S/C16H34O4/c1-2-3-4-5-6-7-8-9-10-11-12-20-16(14-18)15(19)13-17/h15-19H,2-14H2,1H3/t15-,16-/m1/s1. The molecule has 4 heteroatoms. The lowest BCUT2D eigenvalue weighted by Gasteiger charge is -2.19. The van der Waals surface area contributed by atoms with Crippen LogP contribution in [0.25, 0.3) is 0 Å². The summed E-state index contributed by atoms with van der Waals surface area (Å²) in [5.74, 6) is 0. The minimum absolute atomic E-state index is 0.251. The maximum absolute atomic E-state index is 9.34. The lowest BCUT2D eigenvalue weighted by atomic mass is 10.1. The molecule has 0 aliphatic heterocycles. The average molecular weight is 290 g/mol. The molecule has 0 saturated heterocycles. The number of rotatable bonds is 15. The predicted molar refractivity (Wildman–Crippen MR) is 81.8 cm³/mol. The summed E-state index contributed by atoms with van der Waals surface area (Å²) < 4.78 is 5.36. The molecule has 0 bridgehead atoms. The number of unbranched alkanes of at least 4 members (excludes halogenated alkanes) is 9. The van der Waals surface area contributed by atoms with Crippen molar-refractivity contribution in [2.24, 2.45) is 0 Å². The van der Waals surface area contributed by atoms with Crippen molar-refractivity contribution in [1.29, 1.82) is 0 Å². The normalized spacial score (nSPS) is 14.4. The van der Waals surface area contributed by atoms with Crippen LogP contribution < -0.4 is 0 Å². The van der Waals surface area contributed by atoms with Gasteiger partial charge in [0.25, 0.3) is 0 Å². The quantitative estimate of drug-likeness (QED) is 0.406. The first kappa shape index (κ1) is 19.8. The predicted octanol–water partition coefficient (Wildman–Crippen LogP) is 2.64. The number of ether oxygens (including phenoxy) is 1. The summed E-state index contributed by atoms with van der Waals surface area (Å²) in [5.41, 5.74) is 0. The first-order valence-electron chi connectivity index (χ1n) is 8.27. The Morgan fingerprint density at radius 2 is 1.25 bits per heavy atom. The molecule has 0 aromatic rings. The fourth-order valence-corrected chi connectivity index (χ4v) is 2.23. The molecule has 0 amide bonds. The first-order chi connectivity index (χ1) is 9.76. The third-order valence-electron chi connectivity index (χ3n) is 3.63. The van der Waals surface area contributed by atoms with Gasteiger partial charge in [0.15, 0.2) is 0 Å². The Morgan fingerprint density at radius 3 is 1.70 bits per heavy atom. The third-order valence-corrected chi connectivity index (χ3v) is 3.63. The van der Waals surface area contributed by atoms with Gasteiger partial charge in [-0.05, 0) is 6.42 Å². The van der Waals surface area contributed by atoms with E-state index in [0.29, 0.717) is 6.61 Å². The molecule has 4 nitrogen and oxygen atoms in total. The highest BCUT2D eigenvalue weighted by molar-refractivity contribution is 4.66. The Morgan fingerprint density at radius 1 is 0.750 bits per heavy atom. The van der Waals surface area contributed by atoms with Crippen LogP contribution in [0.4, 0.5) is 0 Å². The van der Waals surface area contributed by atoms with E-state index >= 15 is 0 Å².